The Kier molecular flexibility index (Phi) is 4.98. The van der Waals surface area contributed by atoms with Gasteiger partial charge < -0.3 is 20.3 Å². The highest BCUT2D eigenvalue weighted by atomic mass is 16.5. The second-order valence-corrected chi connectivity index (χ2v) is 3.63. The van der Waals surface area contributed by atoms with Crippen LogP contribution in [0.3, 0.4) is 0 Å². The Hall–Kier alpha value is -2.24. The van der Waals surface area contributed by atoms with Crippen LogP contribution in [0.2, 0.25) is 0 Å². The number of benzene rings is 1. The van der Waals surface area contributed by atoms with Gasteiger partial charge >= 0.3 is 12.1 Å². The smallest absolute Gasteiger partial charge is 0.407 e. The summed E-state index contributed by atoms with van der Waals surface area (Å²) in [5, 5.41) is 20.4. The van der Waals surface area contributed by atoms with Gasteiger partial charge in [0.25, 0.3) is 0 Å². The Morgan fingerprint density at radius 1 is 1.33 bits per heavy atom. The minimum atomic E-state index is -1.14. The molecule has 0 aliphatic carbocycles. The number of phenolic OH excluding ortho intramolecular Hbond substituents is 1. The van der Waals surface area contributed by atoms with Gasteiger partial charge in [-0.3, -0.25) is 0 Å². The molecule has 6 nitrogen and oxygen atoms in total. The molecule has 3 N–H and O–H groups in total. The standard InChI is InChI=1S/C12H15NO5/c1-2-18-12(17)13-10(11(15)16)7-8-3-5-9(14)6-4-8/h3-6,10,14H,2,7H2,1H3,(H,13,17)(H,15,16)/t10-/m1/s1. The van der Waals surface area contributed by atoms with E-state index in [-0.39, 0.29) is 18.8 Å². The van der Waals surface area contributed by atoms with Gasteiger partial charge in [0.1, 0.15) is 11.8 Å². The van der Waals surface area contributed by atoms with Crippen LogP contribution in [0.1, 0.15) is 12.5 Å². The monoisotopic (exact) mass is 253 g/mol. The van der Waals surface area contributed by atoms with Gasteiger partial charge in [0.2, 0.25) is 0 Å². The molecule has 1 aromatic carbocycles. The minimum absolute atomic E-state index is 0.101. The predicted molar refractivity (Wildman–Crippen MR) is 63.4 cm³/mol. The maximum atomic E-state index is 11.2. The summed E-state index contributed by atoms with van der Waals surface area (Å²) < 4.78 is 4.63. The summed E-state index contributed by atoms with van der Waals surface area (Å²) in [6, 6.07) is 5.04. The first-order valence-corrected chi connectivity index (χ1v) is 5.47. The van der Waals surface area contributed by atoms with Crippen LogP contribution >= 0.6 is 0 Å². The molecule has 98 valence electrons. The predicted octanol–water partition coefficient (Wildman–Crippen LogP) is 1.13. The summed E-state index contributed by atoms with van der Waals surface area (Å²) in [6.07, 6.45) is -0.641. The average molecular weight is 253 g/mol. The number of aromatic hydroxyl groups is 1. The number of carbonyl (C=O) groups excluding carboxylic acids is 1. The molecule has 0 saturated heterocycles. The fraction of sp³-hybridized carbons (Fsp3) is 0.333. The van der Waals surface area contributed by atoms with Crippen molar-refractivity contribution >= 4 is 12.1 Å². The number of phenols is 1. The van der Waals surface area contributed by atoms with Crippen molar-refractivity contribution < 1.29 is 24.5 Å². The summed E-state index contributed by atoms with van der Waals surface area (Å²) in [6.45, 7) is 1.81. The first-order chi connectivity index (χ1) is 8.52. The fourth-order valence-electron chi connectivity index (χ4n) is 1.38. The SMILES string of the molecule is CCOC(=O)N[C@H](Cc1ccc(O)cc1)C(=O)O. The second-order valence-electron chi connectivity index (χ2n) is 3.63. The lowest BCUT2D eigenvalue weighted by molar-refractivity contribution is -0.139. The first-order valence-electron chi connectivity index (χ1n) is 5.47. The van der Waals surface area contributed by atoms with Crippen LogP contribution in [0.15, 0.2) is 24.3 Å². The van der Waals surface area contributed by atoms with E-state index in [4.69, 9.17) is 10.2 Å². The lowest BCUT2D eigenvalue weighted by Crippen LogP contribution is -2.42. The van der Waals surface area contributed by atoms with Gasteiger partial charge in [-0.25, -0.2) is 9.59 Å². The van der Waals surface area contributed by atoms with E-state index in [0.29, 0.717) is 5.56 Å². The van der Waals surface area contributed by atoms with E-state index in [0.717, 1.165) is 0 Å². The number of ether oxygens (including phenoxy) is 1. The molecule has 0 saturated carbocycles. The zero-order valence-corrected chi connectivity index (χ0v) is 9.92. The largest absolute Gasteiger partial charge is 0.508 e. The Balaban J connectivity index is 2.65. The lowest BCUT2D eigenvalue weighted by atomic mass is 10.1. The maximum Gasteiger partial charge on any atom is 0.407 e. The number of carboxylic acid groups (broad SMARTS) is 1. The molecule has 0 spiro atoms. The summed E-state index contributed by atoms with van der Waals surface area (Å²) in [5.41, 5.74) is 0.692. The summed E-state index contributed by atoms with van der Waals surface area (Å²) in [5.74, 6) is -1.04. The van der Waals surface area contributed by atoms with Crippen molar-refractivity contribution in [2.24, 2.45) is 0 Å². The fourth-order valence-corrected chi connectivity index (χ4v) is 1.38. The molecular formula is C12H15NO5. The van der Waals surface area contributed by atoms with Crippen molar-refractivity contribution in [3.05, 3.63) is 29.8 Å². The van der Waals surface area contributed by atoms with Gasteiger partial charge in [-0.1, -0.05) is 12.1 Å². The Morgan fingerprint density at radius 3 is 2.44 bits per heavy atom. The number of carbonyl (C=O) groups is 2. The van der Waals surface area contributed by atoms with E-state index in [9.17, 15) is 9.59 Å². The molecule has 0 aliphatic rings. The number of amides is 1. The summed E-state index contributed by atoms with van der Waals surface area (Å²) >= 11 is 0. The van der Waals surface area contributed by atoms with Crippen LogP contribution in [0.4, 0.5) is 4.79 Å². The number of rotatable bonds is 5. The highest BCUT2D eigenvalue weighted by Crippen LogP contribution is 2.11. The number of hydrogen-bond acceptors (Lipinski definition) is 4. The number of nitrogens with one attached hydrogen (secondary N) is 1. The van der Waals surface area contributed by atoms with Crippen molar-refractivity contribution in [3.8, 4) is 5.75 Å². The normalized spacial score (nSPS) is 11.6. The second kappa shape index (κ2) is 6.48. The molecule has 0 radical (unpaired) electrons. The number of hydrogen-bond donors (Lipinski definition) is 3. The molecule has 0 unspecified atom stereocenters. The van der Waals surface area contributed by atoms with Crippen molar-refractivity contribution in [2.75, 3.05) is 6.61 Å². The van der Waals surface area contributed by atoms with Gasteiger partial charge in [0.05, 0.1) is 6.61 Å². The highest BCUT2D eigenvalue weighted by molar-refractivity contribution is 5.80. The molecule has 0 aliphatic heterocycles. The Bertz CT molecular complexity index is 415. The number of alkyl carbamates (subject to hydrolysis) is 1. The van der Waals surface area contributed by atoms with Crippen molar-refractivity contribution in [1.82, 2.24) is 5.32 Å². The van der Waals surface area contributed by atoms with Crippen molar-refractivity contribution in [2.45, 2.75) is 19.4 Å². The molecular weight excluding hydrogens is 238 g/mol. The van der Waals surface area contributed by atoms with E-state index in [1.807, 2.05) is 0 Å². The van der Waals surface area contributed by atoms with E-state index in [1.54, 1.807) is 19.1 Å². The third kappa shape index (κ3) is 4.32. The zero-order valence-electron chi connectivity index (χ0n) is 9.92. The molecule has 0 aromatic heterocycles. The van der Waals surface area contributed by atoms with Crippen LogP contribution in [-0.2, 0) is 16.0 Å². The van der Waals surface area contributed by atoms with Crippen LogP contribution in [0, 0.1) is 0 Å². The average Bonchev–Trinajstić information content (AvgIpc) is 2.31. The highest BCUT2D eigenvalue weighted by Gasteiger charge is 2.20. The zero-order chi connectivity index (χ0) is 13.5. The molecule has 1 atom stereocenters. The lowest BCUT2D eigenvalue weighted by Gasteiger charge is -2.14. The number of aliphatic carboxylic acids is 1. The molecule has 0 fully saturated rings. The topological polar surface area (TPSA) is 95.9 Å². The van der Waals surface area contributed by atoms with Crippen LogP contribution in [0.5, 0.6) is 5.75 Å². The van der Waals surface area contributed by atoms with Crippen molar-refractivity contribution in [1.29, 1.82) is 0 Å². The van der Waals surface area contributed by atoms with E-state index >= 15 is 0 Å². The first kappa shape index (κ1) is 13.8. The van der Waals surface area contributed by atoms with Crippen molar-refractivity contribution in [3.63, 3.8) is 0 Å². The third-order valence-corrected chi connectivity index (χ3v) is 2.24. The van der Waals surface area contributed by atoms with Gasteiger partial charge in [-0.15, -0.1) is 0 Å². The molecule has 1 rings (SSSR count). The van der Waals surface area contributed by atoms with Crippen LogP contribution in [0.25, 0.3) is 0 Å². The van der Waals surface area contributed by atoms with E-state index in [2.05, 4.69) is 10.1 Å². The number of carboxylic acids is 1. The molecule has 18 heavy (non-hydrogen) atoms. The van der Waals surface area contributed by atoms with Gasteiger partial charge in [0.15, 0.2) is 0 Å². The molecule has 6 heteroatoms. The van der Waals surface area contributed by atoms with E-state index in [1.165, 1.54) is 12.1 Å². The Morgan fingerprint density at radius 2 is 1.94 bits per heavy atom. The summed E-state index contributed by atoms with van der Waals surface area (Å²) in [7, 11) is 0. The molecule has 0 heterocycles. The third-order valence-electron chi connectivity index (χ3n) is 2.24. The minimum Gasteiger partial charge on any atom is -0.508 e. The van der Waals surface area contributed by atoms with Gasteiger partial charge in [-0.2, -0.15) is 0 Å². The summed E-state index contributed by atoms with van der Waals surface area (Å²) in [4.78, 5) is 22.2. The van der Waals surface area contributed by atoms with Gasteiger partial charge in [0, 0.05) is 6.42 Å². The van der Waals surface area contributed by atoms with Gasteiger partial charge in [-0.05, 0) is 24.6 Å². The Labute approximate surface area is 104 Å². The van der Waals surface area contributed by atoms with E-state index < -0.39 is 18.1 Å². The van der Waals surface area contributed by atoms with Crippen LogP contribution in [-0.4, -0.2) is 34.9 Å². The quantitative estimate of drug-likeness (QED) is 0.731. The van der Waals surface area contributed by atoms with Crippen LogP contribution < -0.4 is 5.32 Å². The molecule has 1 aromatic rings. The molecule has 0 bridgehead atoms. The maximum absolute atomic E-state index is 11.2. The molecule has 1 amide bonds.